The highest BCUT2D eigenvalue weighted by Gasteiger charge is 2.14. The van der Waals surface area contributed by atoms with Crippen LogP contribution in [-0.4, -0.2) is 17.9 Å². The highest BCUT2D eigenvalue weighted by atomic mass is 35.5. The van der Waals surface area contributed by atoms with Crippen LogP contribution in [0.25, 0.3) is 11.1 Å². The molecule has 2 rings (SSSR count). The number of aromatic nitrogens is 1. The number of anilines is 1. The molecule has 0 aliphatic rings. The van der Waals surface area contributed by atoms with E-state index in [0.29, 0.717) is 26.2 Å². The number of hydrogen-bond acceptors (Lipinski definition) is 3. The van der Waals surface area contributed by atoms with Crippen LogP contribution in [0.4, 0.5) is 5.82 Å². The van der Waals surface area contributed by atoms with Gasteiger partial charge in [0, 0.05) is 23.2 Å². The number of hydrogen-bond donors (Lipinski definition) is 2. The smallest absolute Gasteiger partial charge is 0.269 e. The lowest BCUT2D eigenvalue weighted by atomic mass is 10.1. The largest absolute Gasteiger partial charge is 0.383 e. The Morgan fingerprint density at radius 2 is 1.77 bits per heavy atom. The second-order valence-electron chi connectivity index (χ2n) is 3.96. The summed E-state index contributed by atoms with van der Waals surface area (Å²) in [7, 11) is 1.52. The number of rotatable bonds is 2. The zero-order valence-electron chi connectivity index (χ0n) is 12.4. The third-order valence-corrected chi connectivity index (χ3v) is 3.69. The van der Waals surface area contributed by atoms with Gasteiger partial charge in [0.05, 0.1) is 10.0 Å². The molecule has 0 aliphatic heterocycles. The number of nitrogen functional groups attached to an aromatic ring is 1. The minimum absolute atomic E-state index is 0.173. The molecule has 4 nitrogen and oxygen atoms in total. The second kappa shape index (κ2) is 8.22. The van der Waals surface area contributed by atoms with Crippen molar-refractivity contribution in [3.63, 3.8) is 0 Å². The molecule has 118 valence electrons. The summed E-state index contributed by atoms with van der Waals surface area (Å²) in [5.41, 5.74) is 7.23. The normalized spacial score (nSPS) is 9.73. The monoisotopic (exact) mass is 359 g/mol. The lowest BCUT2D eigenvalue weighted by molar-refractivity contribution is 0.0958. The van der Waals surface area contributed by atoms with Crippen molar-refractivity contribution in [1.82, 2.24) is 10.3 Å². The van der Waals surface area contributed by atoms with Crippen molar-refractivity contribution >= 4 is 46.5 Å². The lowest BCUT2D eigenvalue weighted by Gasteiger charge is -2.10. The fourth-order valence-electron chi connectivity index (χ4n) is 1.71. The number of nitrogens with zero attached hydrogens (tertiary/aromatic N) is 1. The summed E-state index contributed by atoms with van der Waals surface area (Å²) in [5, 5.41) is 3.56. The topological polar surface area (TPSA) is 68.0 Å². The van der Waals surface area contributed by atoms with Crippen LogP contribution in [0.3, 0.4) is 0 Å². The summed E-state index contributed by atoms with van der Waals surface area (Å²) in [5.74, 6) is -0.148. The summed E-state index contributed by atoms with van der Waals surface area (Å²) >= 11 is 18.1. The second-order valence-corrected chi connectivity index (χ2v) is 5.18. The standard InChI is InChI=1S/C13H10Cl3N3O.C2H6/c1-18-13(20)10-3-2-7(12(17)19-10)8-4-6(14)5-9(15)11(8)16;1-2/h2-5H,1H3,(H2,17,19)(H,18,20);1-2H3. The van der Waals surface area contributed by atoms with Crippen LogP contribution in [0.5, 0.6) is 0 Å². The van der Waals surface area contributed by atoms with Crippen LogP contribution in [0.15, 0.2) is 24.3 Å². The Kier molecular flexibility index (Phi) is 6.94. The molecule has 0 saturated carbocycles. The highest BCUT2D eigenvalue weighted by Crippen LogP contribution is 2.38. The SMILES string of the molecule is CC.CNC(=O)c1ccc(-c2cc(Cl)cc(Cl)c2Cl)c(N)n1. The number of halogens is 3. The van der Waals surface area contributed by atoms with Gasteiger partial charge in [0.2, 0.25) is 0 Å². The zero-order valence-corrected chi connectivity index (χ0v) is 14.6. The number of nitrogens with two attached hydrogens (primary N) is 1. The molecule has 22 heavy (non-hydrogen) atoms. The number of benzene rings is 1. The van der Waals surface area contributed by atoms with Gasteiger partial charge in [0.25, 0.3) is 5.91 Å². The number of pyridine rings is 1. The average molecular weight is 361 g/mol. The Morgan fingerprint density at radius 1 is 1.14 bits per heavy atom. The van der Waals surface area contributed by atoms with E-state index in [-0.39, 0.29) is 17.4 Å². The predicted molar refractivity (Wildman–Crippen MR) is 93.9 cm³/mol. The summed E-state index contributed by atoms with van der Waals surface area (Å²) in [6.07, 6.45) is 0. The molecule has 1 heterocycles. The van der Waals surface area contributed by atoms with Crippen molar-refractivity contribution in [1.29, 1.82) is 0 Å². The molecule has 2 aromatic rings. The highest BCUT2D eigenvalue weighted by molar-refractivity contribution is 6.45. The van der Waals surface area contributed by atoms with Crippen LogP contribution >= 0.6 is 34.8 Å². The lowest BCUT2D eigenvalue weighted by Crippen LogP contribution is -2.19. The Labute approximate surface area is 144 Å². The van der Waals surface area contributed by atoms with Crippen LogP contribution in [0.1, 0.15) is 24.3 Å². The zero-order chi connectivity index (χ0) is 16.9. The van der Waals surface area contributed by atoms with Crippen LogP contribution in [-0.2, 0) is 0 Å². The number of carbonyl (C=O) groups excluding carboxylic acids is 1. The third-order valence-electron chi connectivity index (χ3n) is 2.67. The van der Waals surface area contributed by atoms with Gasteiger partial charge in [-0.15, -0.1) is 0 Å². The van der Waals surface area contributed by atoms with E-state index >= 15 is 0 Å². The molecular weight excluding hydrogens is 345 g/mol. The minimum Gasteiger partial charge on any atom is -0.383 e. The van der Waals surface area contributed by atoms with E-state index in [4.69, 9.17) is 40.5 Å². The van der Waals surface area contributed by atoms with Crippen molar-refractivity contribution in [3.8, 4) is 11.1 Å². The Balaban J connectivity index is 0.00000116. The molecule has 0 saturated heterocycles. The first-order valence-corrected chi connectivity index (χ1v) is 7.71. The summed E-state index contributed by atoms with van der Waals surface area (Å²) < 4.78 is 0. The van der Waals surface area contributed by atoms with Crippen molar-refractivity contribution in [2.45, 2.75) is 13.8 Å². The van der Waals surface area contributed by atoms with Crippen LogP contribution in [0.2, 0.25) is 15.1 Å². The number of nitrogens with one attached hydrogen (secondary N) is 1. The summed E-state index contributed by atoms with van der Waals surface area (Å²) in [6, 6.07) is 6.39. The first-order chi connectivity index (χ1) is 10.4. The molecule has 0 unspecified atom stereocenters. The van der Waals surface area contributed by atoms with Gasteiger partial charge in [0.1, 0.15) is 11.5 Å². The molecule has 0 aliphatic carbocycles. The van der Waals surface area contributed by atoms with Gasteiger partial charge in [0.15, 0.2) is 0 Å². The van der Waals surface area contributed by atoms with E-state index in [9.17, 15) is 4.79 Å². The molecule has 1 aromatic heterocycles. The first-order valence-electron chi connectivity index (χ1n) is 6.57. The van der Waals surface area contributed by atoms with E-state index in [2.05, 4.69) is 10.3 Å². The Morgan fingerprint density at radius 3 is 2.32 bits per heavy atom. The molecule has 7 heteroatoms. The molecule has 0 spiro atoms. The van der Waals surface area contributed by atoms with E-state index < -0.39 is 0 Å². The summed E-state index contributed by atoms with van der Waals surface area (Å²) in [4.78, 5) is 15.5. The van der Waals surface area contributed by atoms with Crippen LogP contribution < -0.4 is 11.1 Å². The van der Waals surface area contributed by atoms with Crippen molar-refractivity contribution in [2.75, 3.05) is 12.8 Å². The molecule has 0 fully saturated rings. The Hall–Kier alpha value is -1.49. The quantitative estimate of drug-likeness (QED) is 0.764. The van der Waals surface area contributed by atoms with Crippen molar-refractivity contribution in [3.05, 3.63) is 45.0 Å². The number of amides is 1. The van der Waals surface area contributed by atoms with E-state index in [1.54, 1.807) is 18.2 Å². The van der Waals surface area contributed by atoms with E-state index in [1.165, 1.54) is 13.1 Å². The van der Waals surface area contributed by atoms with Crippen molar-refractivity contribution in [2.24, 2.45) is 0 Å². The molecule has 1 amide bonds. The molecule has 0 atom stereocenters. The maximum atomic E-state index is 11.5. The van der Waals surface area contributed by atoms with Gasteiger partial charge >= 0.3 is 0 Å². The third kappa shape index (κ3) is 4.03. The predicted octanol–water partition coefficient (Wildman–Crippen LogP) is 4.68. The van der Waals surface area contributed by atoms with E-state index in [0.717, 1.165) is 0 Å². The fraction of sp³-hybridized carbons (Fsp3) is 0.200. The van der Waals surface area contributed by atoms with Gasteiger partial charge in [-0.3, -0.25) is 4.79 Å². The maximum absolute atomic E-state index is 11.5. The number of carbonyl (C=O) groups is 1. The van der Waals surface area contributed by atoms with Gasteiger partial charge in [-0.25, -0.2) is 4.98 Å². The minimum atomic E-state index is -0.321. The van der Waals surface area contributed by atoms with Crippen LogP contribution in [0, 0.1) is 0 Å². The Bertz CT molecular complexity index is 690. The summed E-state index contributed by atoms with van der Waals surface area (Å²) in [6.45, 7) is 4.00. The molecule has 1 aromatic carbocycles. The fourth-order valence-corrected chi connectivity index (χ4v) is 2.41. The molecule has 0 bridgehead atoms. The maximum Gasteiger partial charge on any atom is 0.269 e. The van der Waals surface area contributed by atoms with Gasteiger partial charge in [-0.05, 0) is 24.3 Å². The average Bonchev–Trinajstić information content (AvgIpc) is 2.52. The van der Waals surface area contributed by atoms with Gasteiger partial charge < -0.3 is 11.1 Å². The van der Waals surface area contributed by atoms with Gasteiger partial charge in [-0.1, -0.05) is 48.7 Å². The molecular formula is C15H16Cl3N3O. The van der Waals surface area contributed by atoms with Crippen molar-refractivity contribution < 1.29 is 4.79 Å². The van der Waals surface area contributed by atoms with E-state index in [1.807, 2.05) is 13.8 Å². The van der Waals surface area contributed by atoms with Gasteiger partial charge in [-0.2, -0.15) is 0 Å². The molecule has 3 N–H and O–H groups in total. The molecule has 0 radical (unpaired) electrons. The first kappa shape index (κ1) is 18.6.